The summed E-state index contributed by atoms with van der Waals surface area (Å²) >= 11 is 0. The summed E-state index contributed by atoms with van der Waals surface area (Å²) in [5.41, 5.74) is 0.105. The lowest BCUT2D eigenvalue weighted by Gasteiger charge is -2.22. The Hall–Kier alpha value is -2.70. The Labute approximate surface area is 199 Å². The van der Waals surface area contributed by atoms with Gasteiger partial charge in [0.25, 0.3) is 0 Å². The fraction of sp³-hybridized carbons (Fsp3) is 0.409. The number of carbonyl (C=O) groups is 1. The summed E-state index contributed by atoms with van der Waals surface area (Å²) in [5, 5.41) is 2.64. The summed E-state index contributed by atoms with van der Waals surface area (Å²) in [6, 6.07) is 9.76. The average molecular weight is 514 g/mol. The number of para-hydroxylation sites is 1. The van der Waals surface area contributed by atoms with Gasteiger partial charge in [0.1, 0.15) is 11.6 Å². The predicted octanol–water partition coefficient (Wildman–Crippen LogP) is 2.80. The Kier molecular flexibility index (Phi) is 8.16. The van der Waals surface area contributed by atoms with Crippen LogP contribution < -0.4 is 14.4 Å². The van der Waals surface area contributed by atoms with Crippen molar-refractivity contribution in [3.63, 3.8) is 0 Å². The molecule has 1 saturated heterocycles. The molecule has 12 heteroatoms. The van der Waals surface area contributed by atoms with Crippen LogP contribution in [-0.4, -0.2) is 60.0 Å². The van der Waals surface area contributed by atoms with Crippen molar-refractivity contribution in [2.75, 3.05) is 42.6 Å². The number of hydrogen-bond acceptors (Lipinski definition) is 6. The van der Waals surface area contributed by atoms with Crippen molar-refractivity contribution in [1.82, 2.24) is 4.31 Å². The highest BCUT2D eigenvalue weighted by Crippen LogP contribution is 2.30. The third-order valence-corrected chi connectivity index (χ3v) is 8.51. The first-order valence-corrected chi connectivity index (χ1v) is 14.0. The summed E-state index contributed by atoms with van der Waals surface area (Å²) in [5.74, 6) is -0.855. The fourth-order valence-electron chi connectivity index (χ4n) is 3.74. The lowest BCUT2D eigenvalue weighted by atomic mass is 10.2. The van der Waals surface area contributed by atoms with E-state index in [4.69, 9.17) is 4.74 Å². The summed E-state index contributed by atoms with van der Waals surface area (Å²) in [6.07, 6.45) is 2.61. The first-order valence-electron chi connectivity index (χ1n) is 10.7. The molecular formula is C22H28FN3O6S2. The Morgan fingerprint density at radius 3 is 2.41 bits per heavy atom. The van der Waals surface area contributed by atoms with E-state index in [1.54, 1.807) is 0 Å². The number of nitrogens with zero attached hydrogens (tertiary/aromatic N) is 2. The van der Waals surface area contributed by atoms with Crippen LogP contribution in [0.15, 0.2) is 47.4 Å². The molecule has 1 aliphatic rings. The molecule has 9 nitrogen and oxygen atoms in total. The van der Waals surface area contributed by atoms with Crippen LogP contribution in [0.25, 0.3) is 0 Å². The number of anilines is 2. The zero-order chi connectivity index (χ0) is 24.9. The molecule has 0 bridgehead atoms. The highest BCUT2D eigenvalue weighted by atomic mass is 32.2. The molecule has 1 N–H and O–H groups in total. The molecule has 1 amide bonds. The zero-order valence-corrected chi connectivity index (χ0v) is 20.7. The maximum absolute atomic E-state index is 14.1. The third-order valence-electron chi connectivity index (χ3n) is 5.43. The van der Waals surface area contributed by atoms with Gasteiger partial charge in [-0.05, 0) is 49.6 Å². The second-order valence-electron chi connectivity index (χ2n) is 7.91. The van der Waals surface area contributed by atoms with Gasteiger partial charge in [-0.1, -0.05) is 12.1 Å². The normalized spacial score (nSPS) is 14.7. The van der Waals surface area contributed by atoms with Gasteiger partial charge >= 0.3 is 0 Å². The first-order chi connectivity index (χ1) is 16.0. The topological polar surface area (TPSA) is 113 Å². The number of benzene rings is 2. The van der Waals surface area contributed by atoms with Crippen LogP contribution in [0, 0.1) is 5.82 Å². The Morgan fingerprint density at radius 2 is 1.79 bits per heavy atom. The van der Waals surface area contributed by atoms with Crippen molar-refractivity contribution in [1.29, 1.82) is 0 Å². The molecule has 1 heterocycles. The van der Waals surface area contributed by atoms with Gasteiger partial charge in [-0.3, -0.25) is 9.10 Å². The number of carbonyl (C=O) groups excluding carboxylic acids is 1. The minimum absolute atomic E-state index is 0.0494. The van der Waals surface area contributed by atoms with Gasteiger partial charge in [0.05, 0.1) is 29.6 Å². The number of sulfonamides is 2. The van der Waals surface area contributed by atoms with Crippen LogP contribution in [0.5, 0.6) is 5.75 Å². The summed E-state index contributed by atoms with van der Waals surface area (Å²) in [4.78, 5) is 12.6. The largest absolute Gasteiger partial charge is 0.495 e. The molecule has 0 unspecified atom stereocenters. The molecule has 0 aromatic heterocycles. The van der Waals surface area contributed by atoms with E-state index in [1.807, 2.05) is 0 Å². The summed E-state index contributed by atoms with van der Waals surface area (Å²) < 4.78 is 71.7. The van der Waals surface area contributed by atoms with Crippen LogP contribution in [0.1, 0.15) is 25.7 Å². The van der Waals surface area contributed by atoms with Crippen molar-refractivity contribution in [2.45, 2.75) is 30.6 Å². The quantitative estimate of drug-likeness (QED) is 0.523. The van der Waals surface area contributed by atoms with E-state index in [-0.39, 0.29) is 41.4 Å². The summed E-state index contributed by atoms with van der Waals surface area (Å²) in [6.45, 7) is 0.803. The minimum Gasteiger partial charge on any atom is -0.495 e. The highest BCUT2D eigenvalue weighted by Gasteiger charge is 2.28. The zero-order valence-electron chi connectivity index (χ0n) is 19.0. The Morgan fingerprint density at radius 1 is 1.12 bits per heavy atom. The molecule has 186 valence electrons. The molecule has 3 rings (SSSR count). The van der Waals surface area contributed by atoms with Gasteiger partial charge in [0.15, 0.2) is 0 Å². The van der Waals surface area contributed by atoms with Crippen molar-refractivity contribution >= 4 is 37.3 Å². The molecule has 34 heavy (non-hydrogen) atoms. The molecule has 1 aliphatic heterocycles. The molecular weight excluding hydrogens is 485 g/mol. The van der Waals surface area contributed by atoms with Crippen LogP contribution in [0.3, 0.4) is 0 Å². The van der Waals surface area contributed by atoms with E-state index in [2.05, 4.69) is 5.32 Å². The van der Waals surface area contributed by atoms with Gasteiger partial charge in [-0.15, -0.1) is 0 Å². The highest BCUT2D eigenvalue weighted by molar-refractivity contribution is 7.92. The number of nitrogens with one attached hydrogen (secondary N) is 1. The minimum atomic E-state index is -3.77. The SMILES string of the molecule is COc1ccc(S(=O)(=O)N2CCCC2)cc1NC(=O)CCCN(c1ccccc1F)S(C)(=O)=O. The lowest BCUT2D eigenvalue weighted by molar-refractivity contribution is -0.116. The molecule has 2 aromatic rings. The number of rotatable bonds is 10. The van der Waals surface area contributed by atoms with Crippen molar-refractivity contribution < 1.29 is 30.8 Å². The maximum Gasteiger partial charge on any atom is 0.243 e. The molecule has 0 spiro atoms. The third kappa shape index (κ3) is 6.05. The van der Waals surface area contributed by atoms with Crippen LogP contribution in [0.2, 0.25) is 0 Å². The van der Waals surface area contributed by atoms with Gasteiger partial charge in [-0.2, -0.15) is 4.31 Å². The van der Waals surface area contributed by atoms with Gasteiger partial charge in [-0.25, -0.2) is 21.2 Å². The Bertz CT molecular complexity index is 1250. The second kappa shape index (κ2) is 10.7. The predicted molar refractivity (Wildman–Crippen MR) is 127 cm³/mol. The van der Waals surface area contributed by atoms with Gasteiger partial charge in [0, 0.05) is 26.1 Å². The molecule has 1 fully saturated rings. The van der Waals surface area contributed by atoms with Crippen LogP contribution >= 0.6 is 0 Å². The second-order valence-corrected chi connectivity index (χ2v) is 11.8. The molecule has 0 atom stereocenters. The smallest absolute Gasteiger partial charge is 0.243 e. The van der Waals surface area contributed by atoms with E-state index < -0.39 is 31.8 Å². The number of amides is 1. The monoisotopic (exact) mass is 513 g/mol. The first kappa shape index (κ1) is 25.9. The van der Waals surface area contributed by atoms with Gasteiger partial charge < -0.3 is 10.1 Å². The number of halogens is 1. The fourth-order valence-corrected chi connectivity index (χ4v) is 6.25. The van der Waals surface area contributed by atoms with E-state index >= 15 is 0 Å². The molecule has 0 aliphatic carbocycles. The van der Waals surface area contributed by atoms with E-state index in [1.165, 1.54) is 47.8 Å². The van der Waals surface area contributed by atoms with Gasteiger partial charge in [0.2, 0.25) is 26.0 Å². The number of hydrogen-bond donors (Lipinski definition) is 1. The van der Waals surface area contributed by atoms with Crippen LogP contribution in [0.4, 0.5) is 15.8 Å². The van der Waals surface area contributed by atoms with E-state index in [9.17, 15) is 26.0 Å². The van der Waals surface area contributed by atoms with E-state index in [0.717, 1.165) is 29.5 Å². The van der Waals surface area contributed by atoms with Crippen molar-refractivity contribution in [3.05, 3.63) is 48.3 Å². The molecule has 0 saturated carbocycles. The van der Waals surface area contributed by atoms with Crippen LogP contribution in [-0.2, 0) is 24.8 Å². The number of methoxy groups -OCH3 is 1. The average Bonchev–Trinajstić information content (AvgIpc) is 3.32. The Balaban J connectivity index is 1.70. The summed E-state index contributed by atoms with van der Waals surface area (Å²) in [7, 11) is -6.05. The molecule has 0 radical (unpaired) electrons. The lowest BCUT2D eigenvalue weighted by Crippen LogP contribution is -2.32. The number of ether oxygens (including phenoxy) is 1. The van der Waals surface area contributed by atoms with Crippen molar-refractivity contribution in [3.8, 4) is 5.75 Å². The molecule has 2 aromatic carbocycles. The van der Waals surface area contributed by atoms with E-state index in [0.29, 0.717) is 13.1 Å². The standard InChI is InChI=1S/C22H28FN3O6S2/c1-32-21-12-11-17(34(30,31)25-13-5-6-14-25)16-19(21)24-22(27)10-7-15-26(33(2,28)29)20-9-4-3-8-18(20)23/h3-4,8-9,11-12,16H,5-7,10,13-15H2,1-2H3,(H,24,27). The maximum atomic E-state index is 14.1. The van der Waals surface area contributed by atoms with Crippen molar-refractivity contribution in [2.24, 2.45) is 0 Å².